The highest BCUT2D eigenvalue weighted by Crippen LogP contribution is 2.24. The first-order chi connectivity index (χ1) is 5.59. The molecular formula is C7H8BrN3O. The lowest BCUT2D eigenvalue weighted by Gasteiger charge is -2.04. The van der Waals surface area contributed by atoms with Gasteiger partial charge in [-0.2, -0.15) is 0 Å². The Kier molecular flexibility index (Phi) is 2.54. The molecule has 0 radical (unpaired) electrons. The molecule has 64 valence electrons. The van der Waals surface area contributed by atoms with E-state index in [2.05, 4.69) is 21.2 Å². The maximum absolute atomic E-state index is 10.5. The molecule has 0 fully saturated rings. The number of hydrogen-bond acceptors (Lipinski definition) is 2. The molecule has 4 nitrogen and oxygen atoms in total. The summed E-state index contributed by atoms with van der Waals surface area (Å²) in [5, 5.41) is 2.44. The molecule has 0 aromatic heterocycles. The lowest BCUT2D eigenvalue weighted by molar-refractivity contribution is 0.259. The topological polar surface area (TPSA) is 81.1 Å². The first kappa shape index (κ1) is 8.86. The zero-order chi connectivity index (χ0) is 9.14. The van der Waals surface area contributed by atoms with E-state index < -0.39 is 6.03 Å². The molecule has 1 rings (SSSR count). The van der Waals surface area contributed by atoms with E-state index in [1.807, 2.05) is 0 Å². The summed E-state index contributed by atoms with van der Waals surface area (Å²) >= 11 is 3.23. The van der Waals surface area contributed by atoms with Crippen molar-refractivity contribution in [1.82, 2.24) is 0 Å². The summed E-state index contributed by atoms with van der Waals surface area (Å²) in [4.78, 5) is 10.5. The van der Waals surface area contributed by atoms with Gasteiger partial charge in [-0.15, -0.1) is 0 Å². The maximum Gasteiger partial charge on any atom is 0.316 e. The van der Waals surface area contributed by atoms with E-state index in [9.17, 15) is 4.79 Å². The SMILES string of the molecule is NC(=O)Nc1ccc(N)cc1Br. The molecule has 0 aliphatic rings. The van der Waals surface area contributed by atoms with Crippen LogP contribution < -0.4 is 16.8 Å². The Balaban J connectivity index is 2.93. The van der Waals surface area contributed by atoms with Gasteiger partial charge in [-0.1, -0.05) is 0 Å². The van der Waals surface area contributed by atoms with Crippen LogP contribution in [0.3, 0.4) is 0 Å². The summed E-state index contributed by atoms with van der Waals surface area (Å²) in [6.07, 6.45) is 0. The number of carbonyl (C=O) groups is 1. The molecule has 5 heteroatoms. The normalized spacial score (nSPS) is 9.42. The van der Waals surface area contributed by atoms with Gasteiger partial charge in [-0.3, -0.25) is 0 Å². The predicted octanol–water partition coefficient (Wildman–Crippen LogP) is 1.52. The Morgan fingerprint density at radius 1 is 1.50 bits per heavy atom. The number of nitrogens with one attached hydrogen (secondary N) is 1. The summed E-state index contributed by atoms with van der Waals surface area (Å²) in [6, 6.07) is 4.44. The van der Waals surface area contributed by atoms with Gasteiger partial charge < -0.3 is 16.8 Å². The number of hydrogen-bond donors (Lipinski definition) is 3. The smallest absolute Gasteiger partial charge is 0.316 e. The molecule has 1 aromatic rings. The number of urea groups is 1. The third-order valence-corrected chi connectivity index (χ3v) is 1.91. The number of primary amides is 1. The predicted molar refractivity (Wildman–Crippen MR) is 51.8 cm³/mol. The van der Waals surface area contributed by atoms with Crippen molar-refractivity contribution in [2.75, 3.05) is 11.1 Å². The minimum Gasteiger partial charge on any atom is -0.399 e. The van der Waals surface area contributed by atoms with Crippen LogP contribution in [0.4, 0.5) is 16.2 Å². The monoisotopic (exact) mass is 229 g/mol. The molecule has 0 heterocycles. The maximum atomic E-state index is 10.5. The summed E-state index contributed by atoms with van der Waals surface area (Å²) in [7, 11) is 0. The fourth-order valence-electron chi connectivity index (χ4n) is 0.765. The number of carbonyl (C=O) groups excluding carboxylic acids is 1. The quantitative estimate of drug-likeness (QED) is 0.639. The van der Waals surface area contributed by atoms with Crippen molar-refractivity contribution in [3.63, 3.8) is 0 Å². The Hall–Kier alpha value is -1.23. The van der Waals surface area contributed by atoms with E-state index in [4.69, 9.17) is 11.5 Å². The molecular weight excluding hydrogens is 222 g/mol. The second kappa shape index (κ2) is 3.44. The van der Waals surface area contributed by atoms with Crippen molar-refractivity contribution in [3.05, 3.63) is 22.7 Å². The lowest BCUT2D eigenvalue weighted by atomic mass is 10.3. The summed E-state index contributed by atoms with van der Waals surface area (Å²) in [5.74, 6) is 0. The Bertz CT molecular complexity index is 314. The van der Waals surface area contributed by atoms with Gasteiger partial charge >= 0.3 is 6.03 Å². The van der Waals surface area contributed by atoms with Crippen LogP contribution in [0.2, 0.25) is 0 Å². The second-order valence-corrected chi connectivity index (χ2v) is 3.08. The van der Waals surface area contributed by atoms with Crippen LogP contribution in [0.5, 0.6) is 0 Å². The van der Waals surface area contributed by atoms with Crippen molar-refractivity contribution in [2.45, 2.75) is 0 Å². The number of benzene rings is 1. The van der Waals surface area contributed by atoms with Gasteiger partial charge in [-0.25, -0.2) is 4.79 Å². The van der Waals surface area contributed by atoms with Crippen molar-refractivity contribution in [1.29, 1.82) is 0 Å². The van der Waals surface area contributed by atoms with Crippen LogP contribution in [0.1, 0.15) is 0 Å². The molecule has 5 N–H and O–H groups in total. The van der Waals surface area contributed by atoms with Crippen molar-refractivity contribution >= 4 is 33.3 Å². The number of anilines is 2. The van der Waals surface area contributed by atoms with E-state index >= 15 is 0 Å². The van der Waals surface area contributed by atoms with E-state index in [1.54, 1.807) is 18.2 Å². The molecule has 0 bridgehead atoms. The first-order valence-electron chi connectivity index (χ1n) is 3.21. The first-order valence-corrected chi connectivity index (χ1v) is 4.00. The molecule has 2 amide bonds. The van der Waals surface area contributed by atoms with Crippen LogP contribution in [-0.2, 0) is 0 Å². The molecule has 0 aliphatic carbocycles. The third-order valence-electron chi connectivity index (χ3n) is 1.25. The van der Waals surface area contributed by atoms with Gasteiger partial charge in [0.1, 0.15) is 0 Å². The number of amides is 2. The third kappa shape index (κ3) is 2.13. The van der Waals surface area contributed by atoms with Gasteiger partial charge in [-0.05, 0) is 34.1 Å². The zero-order valence-corrected chi connectivity index (χ0v) is 7.76. The van der Waals surface area contributed by atoms with Gasteiger partial charge in [0.25, 0.3) is 0 Å². The highest BCUT2D eigenvalue weighted by Gasteiger charge is 2.00. The molecule has 0 atom stereocenters. The number of nitrogen functional groups attached to an aromatic ring is 1. The average molecular weight is 230 g/mol. The fraction of sp³-hybridized carbons (Fsp3) is 0. The Labute approximate surface area is 78.1 Å². The minimum absolute atomic E-state index is 0.597. The zero-order valence-electron chi connectivity index (χ0n) is 6.17. The van der Waals surface area contributed by atoms with E-state index in [-0.39, 0.29) is 0 Å². The van der Waals surface area contributed by atoms with Crippen molar-refractivity contribution < 1.29 is 4.79 Å². The van der Waals surface area contributed by atoms with Gasteiger partial charge in [0.15, 0.2) is 0 Å². The van der Waals surface area contributed by atoms with Crippen LogP contribution in [-0.4, -0.2) is 6.03 Å². The van der Waals surface area contributed by atoms with Gasteiger partial charge in [0.2, 0.25) is 0 Å². The summed E-state index contributed by atoms with van der Waals surface area (Å²) < 4.78 is 0.710. The van der Waals surface area contributed by atoms with Crippen LogP contribution in [0.15, 0.2) is 22.7 Å². The van der Waals surface area contributed by atoms with Crippen molar-refractivity contribution in [3.8, 4) is 0 Å². The Morgan fingerprint density at radius 3 is 2.67 bits per heavy atom. The second-order valence-electron chi connectivity index (χ2n) is 2.23. The number of halogens is 1. The van der Waals surface area contributed by atoms with Gasteiger partial charge in [0.05, 0.1) is 5.69 Å². The lowest BCUT2D eigenvalue weighted by Crippen LogP contribution is -2.19. The van der Waals surface area contributed by atoms with E-state index in [0.29, 0.717) is 15.8 Å². The molecule has 0 saturated carbocycles. The van der Waals surface area contributed by atoms with Crippen LogP contribution >= 0.6 is 15.9 Å². The molecule has 0 spiro atoms. The molecule has 0 aliphatic heterocycles. The molecule has 1 aromatic carbocycles. The van der Waals surface area contributed by atoms with E-state index in [0.717, 1.165) is 0 Å². The summed E-state index contributed by atoms with van der Waals surface area (Å²) in [5.41, 5.74) is 11.6. The minimum atomic E-state index is -0.597. The molecule has 0 unspecified atom stereocenters. The Morgan fingerprint density at radius 2 is 2.17 bits per heavy atom. The highest BCUT2D eigenvalue weighted by molar-refractivity contribution is 9.10. The van der Waals surface area contributed by atoms with E-state index in [1.165, 1.54) is 0 Å². The standard InChI is InChI=1S/C7H8BrN3O/c8-5-3-4(9)1-2-6(5)11-7(10)12/h1-3H,9H2,(H3,10,11,12). The van der Waals surface area contributed by atoms with Crippen LogP contribution in [0.25, 0.3) is 0 Å². The molecule has 0 saturated heterocycles. The average Bonchev–Trinajstić information content (AvgIpc) is 1.94. The van der Waals surface area contributed by atoms with Gasteiger partial charge in [0, 0.05) is 10.2 Å². The largest absolute Gasteiger partial charge is 0.399 e. The highest BCUT2D eigenvalue weighted by atomic mass is 79.9. The summed E-state index contributed by atoms with van der Waals surface area (Å²) in [6.45, 7) is 0. The molecule has 12 heavy (non-hydrogen) atoms. The fourth-order valence-corrected chi connectivity index (χ4v) is 1.26. The number of nitrogens with two attached hydrogens (primary N) is 2. The van der Waals surface area contributed by atoms with Crippen LogP contribution in [0, 0.1) is 0 Å². The van der Waals surface area contributed by atoms with Crippen molar-refractivity contribution in [2.24, 2.45) is 5.73 Å². The number of rotatable bonds is 1.